The lowest BCUT2D eigenvalue weighted by atomic mass is 9.99. The number of rotatable bonds is 10. The van der Waals surface area contributed by atoms with Gasteiger partial charge in [-0.3, -0.25) is 0 Å². The van der Waals surface area contributed by atoms with Crippen LogP contribution in [0.3, 0.4) is 0 Å². The molecule has 0 heterocycles. The highest BCUT2D eigenvalue weighted by Gasteiger charge is 2.23. The summed E-state index contributed by atoms with van der Waals surface area (Å²) in [5.41, 5.74) is 1.03. The largest absolute Gasteiger partial charge is 0.353 e. The average molecular weight is 254 g/mol. The Labute approximate surface area is 113 Å². The van der Waals surface area contributed by atoms with Crippen LogP contribution in [-0.4, -0.2) is 18.5 Å². The molecule has 0 aliphatic carbocycles. The molecule has 0 aromatic heterocycles. The Hall–Kier alpha value is -0.600. The molecule has 0 fully saturated rings. The minimum Gasteiger partial charge on any atom is -0.353 e. The first-order chi connectivity index (χ1) is 8.43. The second kappa shape index (κ2) is 9.35. The zero-order valence-electron chi connectivity index (χ0n) is 12.8. The molecule has 0 aromatic rings. The van der Waals surface area contributed by atoms with Gasteiger partial charge in [0.2, 0.25) is 0 Å². The van der Waals surface area contributed by atoms with Crippen LogP contribution < -0.4 is 0 Å². The van der Waals surface area contributed by atoms with Gasteiger partial charge in [-0.25, -0.2) is 0 Å². The van der Waals surface area contributed by atoms with E-state index in [-0.39, 0.29) is 11.9 Å². The zero-order chi connectivity index (χ0) is 14.0. The molecule has 2 heteroatoms. The standard InChI is InChI=1S/C16H30O2/c1-7-9-13-17-15(5)18-16(6,8-2)12-10-11-14(3)4/h8,11,15H,2,7,9-10,12-13H2,1,3-6H3. The summed E-state index contributed by atoms with van der Waals surface area (Å²) in [5.74, 6) is 0. The molecule has 2 nitrogen and oxygen atoms in total. The van der Waals surface area contributed by atoms with Gasteiger partial charge >= 0.3 is 0 Å². The fourth-order valence-corrected chi connectivity index (χ4v) is 1.66. The maximum absolute atomic E-state index is 5.95. The molecule has 0 radical (unpaired) electrons. The summed E-state index contributed by atoms with van der Waals surface area (Å²) in [4.78, 5) is 0. The van der Waals surface area contributed by atoms with Crippen molar-refractivity contribution in [2.45, 2.75) is 72.2 Å². The molecule has 0 bridgehead atoms. The number of unbranched alkanes of at least 4 members (excludes halogenated alkanes) is 1. The summed E-state index contributed by atoms with van der Waals surface area (Å²) in [7, 11) is 0. The molecule has 0 aliphatic heterocycles. The molecule has 2 atom stereocenters. The minimum absolute atomic E-state index is 0.175. The Kier molecular flexibility index (Phi) is 9.03. The highest BCUT2D eigenvalue weighted by molar-refractivity contribution is 4.99. The van der Waals surface area contributed by atoms with Crippen LogP contribution in [0.4, 0.5) is 0 Å². The number of ether oxygens (including phenoxy) is 2. The van der Waals surface area contributed by atoms with E-state index >= 15 is 0 Å². The molecule has 106 valence electrons. The van der Waals surface area contributed by atoms with Crippen molar-refractivity contribution in [2.24, 2.45) is 0 Å². The van der Waals surface area contributed by atoms with Gasteiger partial charge in [-0.1, -0.05) is 31.1 Å². The smallest absolute Gasteiger partial charge is 0.155 e. The van der Waals surface area contributed by atoms with Crippen molar-refractivity contribution in [3.63, 3.8) is 0 Å². The van der Waals surface area contributed by atoms with E-state index in [0.717, 1.165) is 32.3 Å². The average Bonchev–Trinajstić information content (AvgIpc) is 2.28. The van der Waals surface area contributed by atoms with E-state index in [2.05, 4.69) is 40.3 Å². The third-order valence-corrected chi connectivity index (χ3v) is 2.91. The maximum atomic E-state index is 5.95. The second-order valence-electron chi connectivity index (χ2n) is 5.25. The Morgan fingerprint density at radius 2 is 2.06 bits per heavy atom. The molecule has 0 aliphatic rings. The third kappa shape index (κ3) is 8.48. The van der Waals surface area contributed by atoms with E-state index in [0.29, 0.717) is 0 Å². The molecular formula is C16H30O2. The fourth-order valence-electron chi connectivity index (χ4n) is 1.66. The lowest BCUT2D eigenvalue weighted by Crippen LogP contribution is -2.31. The van der Waals surface area contributed by atoms with Gasteiger partial charge in [0.15, 0.2) is 6.29 Å². The van der Waals surface area contributed by atoms with Gasteiger partial charge in [-0.15, -0.1) is 6.58 Å². The van der Waals surface area contributed by atoms with Crippen molar-refractivity contribution in [1.82, 2.24) is 0 Å². The molecular weight excluding hydrogens is 224 g/mol. The van der Waals surface area contributed by atoms with Gasteiger partial charge in [0, 0.05) is 6.61 Å². The number of hydrogen-bond acceptors (Lipinski definition) is 2. The molecule has 0 aromatic carbocycles. The summed E-state index contributed by atoms with van der Waals surface area (Å²) in [6.45, 7) is 15.0. The number of hydrogen-bond donors (Lipinski definition) is 0. The predicted octanol–water partition coefficient (Wildman–Crippen LogP) is 4.86. The van der Waals surface area contributed by atoms with Gasteiger partial charge in [-0.2, -0.15) is 0 Å². The molecule has 18 heavy (non-hydrogen) atoms. The third-order valence-electron chi connectivity index (χ3n) is 2.91. The lowest BCUT2D eigenvalue weighted by molar-refractivity contribution is -0.182. The van der Waals surface area contributed by atoms with E-state index in [1.165, 1.54) is 5.57 Å². The monoisotopic (exact) mass is 254 g/mol. The van der Waals surface area contributed by atoms with Crippen molar-refractivity contribution < 1.29 is 9.47 Å². The van der Waals surface area contributed by atoms with Gasteiger partial charge in [0.25, 0.3) is 0 Å². The normalized spacial score (nSPS) is 15.8. The predicted molar refractivity (Wildman–Crippen MR) is 78.7 cm³/mol. The van der Waals surface area contributed by atoms with Crippen molar-refractivity contribution in [3.05, 3.63) is 24.3 Å². The van der Waals surface area contributed by atoms with Crippen molar-refractivity contribution in [3.8, 4) is 0 Å². The van der Waals surface area contributed by atoms with Gasteiger partial charge in [0.05, 0.1) is 5.60 Å². The lowest BCUT2D eigenvalue weighted by Gasteiger charge is -2.29. The summed E-state index contributed by atoms with van der Waals surface area (Å²) in [5, 5.41) is 0. The number of allylic oxidation sites excluding steroid dienone is 2. The summed E-state index contributed by atoms with van der Waals surface area (Å²) < 4.78 is 11.6. The summed E-state index contributed by atoms with van der Waals surface area (Å²) in [6, 6.07) is 0. The van der Waals surface area contributed by atoms with Crippen LogP contribution >= 0.6 is 0 Å². The first-order valence-corrected chi connectivity index (χ1v) is 7.00. The molecule has 0 amide bonds. The Balaban J connectivity index is 4.12. The first kappa shape index (κ1) is 17.4. The van der Waals surface area contributed by atoms with E-state index in [1.807, 2.05) is 13.0 Å². The molecule has 0 N–H and O–H groups in total. The van der Waals surface area contributed by atoms with Gasteiger partial charge in [0.1, 0.15) is 0 Å². The summed E-state index contributed by atoms with van der Waals surface area (Å²) in [6.07, 6.45) is 8.10. The summed E-state index contributed by atoms with van der Waals surface area (Å²) >= 11 is 0. The molecule has 0 saturated heterocycles. The molecule has 2 unspecified atom stereocenters. The van der Waals surface area contributed by atoms with Crippen LogP contribution in [0.5, 0.6) is 0 Å². The fraction of sp³-hybridized carbons (Fsp3) is 0.750. The van der Waals surface area contributed by atoms with E-state index in [4.69, 9.17) is 9.47 Å². The minimum atomic E-state index is -0.308. The highest BCUT2D eigenvalue weighted by Crippen LogP contribution is 2.22. The van der Waals surface area contributed by atoms with Gasteiger partial charge < -0.3 is 9.47 Å². The van der Waals surface area contributed by atoms with E-state index < -0.39 is 0 Å². The van der Waals surface area contributed by atoms with Crippen LogP contribution in [-0.2, 0) is 9.47 Å². The van der Waals surface area contributed by atoms with E-state index in [1.54, 1.807) is 0 Å². The van der Waals surface area contributed by atoms with Crippen LogP contribution in [0.1, 0.15) is 60.3 Å². The quantitative estimate of drug-likeness (QED) is 0.315. The topological polar surface area (TPSA) is 18.5 Å². The van der Waals surface area contributed by atoms with Crippen LogP contribution in [0.2, 0.25) is 0 Å². The zero-order valence-corrected chi connectivity index (χ0v) is 12.8. The van der Waals surface area contributed by atoms with Crippen molar-refractivity contribution in [2.75, 3.05) is 6.61 Å². The second-order valence-corrected chi connectivity index (χ2v) is 5.25. The van der Waals surface area contributed by atoms with Crippen molar-refractivity contribution >= 4 is 0 Å². The Bertz CT molecular complexity index is 254. The Morgan fingerprint density at radius 3 is 2.56 bits per heavy atom. The SMILES string of the molecule is C=CC(C)(CCC=C(C)C)OC(C)OCCCC. The van der Waals surface area contributed by atoms with Gasteiger partial charge in [-0.05, 0) is 47.0 Å². The highest BCUT2D eigenvalue weighted by atomic mass is 16.7. The molecule has 0 rings (SSSR count). The first-order valence-electron chi connectivity index (χ1n) is 7.00. The molecule has 0 spiro atoms. The van der Waals surface area contributed by atoms with E-state index in [9.17, 15) is 0 Å². The van der Waals surface area contributed by atoms with Crippen molar-refractivity contribution in [1.29, 1.82) is 0 Å². The van der Waals surface area contributed by atoms with Crippen LogP contribution in [0, 0.1) is 0 Å². The Morgan fingerprint density at radius 1 is 1.39 bits per heavy atom. The molecule has 0 saturated carbocycles. The van der Waals surface area contributed by atoms with Crippen LogP contribution in [0.25, 0.3) is 0 Å². The van der Waals surface area contributed by atoms with Crippen LogP contribution in [0.15, 0.2) is 24.3 Å². The maximum Gasteiger partial charge on any atom is 0.155 e.